The second-order valence-corrected chi connectivity index (χ2v) is 19.1. The van der Waals surface area contributed by atoms with Crippen molar-refractivity contribution in [2.75, 3.05) is 0 Å². The molecule has 0 saturated carbocycles. The van der Waals surface area contributed by atoms with Gasteiger partial charge >= 0.3 is 29.0 Å². The summed E-state index contributed by atoms with van der Waals surface area (Å²) in [6, 6.07) is 34.0. The smallest absolute Gasteiger partial charge is 0.148 e. The van der Waals surface area contributed by atoms with Crippen molar-refractivity contribution in [3.8, 4) is 69.7 Å². The van der Waals surface area contributed by atoms with Crippen LogP contribution in [0.1, 0.15) is 0 Å². The first-order valence-electron chi connectivity index (χ1n) is 13.9. The molecule has 0 aliphatic carbocycles. The summed E-state index contributed by atoms with van der Waals surface area (Å²) in [6.07, 6.45) is 0. The molecule has 0 N–H and O–H groups in total. The van der Waals surface area contributed by atoms with Gasteiger partial charge in [-0.1, -0.05) is 72.8 Å². The summed E-state index contributed by atoms with van der Waals surface area (Å²) in [5.41, 5.74) is 0. The number of hydrogen-bond donors (Lipinski definition) is 0. The zero-order valence-electron chi connectivity index (χ0n) is 27.0. The van der Waals surface area contributed by atoms with Crippen LogP contribution in [0.25, 0.3) is 0 Å². The van der Waals surface area contributed by atoms with E-state index in [-0.39, 0.29) is 20.4 Å². The Morgan fingerprint density at radius 3 is 0.434 bits per heavy atom. The van der Waals surface area contributed by atoms with Crippen LogP contribution in [0.15, 0.2) is 121 Å². The average Bonchev–Trinajstić information content (AvgIpc) is 3.24. The Morgan fingerprint density at radius 1 is 0.226 bits per heavy atom. The zero-order valence-corrected chi connectivity index (χ0v) is 32.2. The van der Waals surface area contributed by atoms with Crippen LogP contribution in [0.3, 0.4) is 0 Å². The van der Waals surface area contributed by atoms with Crippen molar-refractivity contribution in [3.05, 3.63) is 121 Å². The summed E-state index contributed by atoms with van der Waals surface area (Å²) in [7, 11) is -11.5. The Kier molecular flexibility index (Phi) is 20.5. The van der Waals surface area contributed by atoms with Crippen LogP contribution in [0.4, 0.5) is 0 Å². The van der Waals surface area contributed by atoms with Crippen LogP contribution in [-0.2, 0) is 20.4 Å². The fourth-order valence-corrected chi connectivity index (χ4v) is 7.97. The van der Waals surface area contributed by atoms with Gasteiger partial charge in [0, 0.05) is 20.4 Å². The van der Waals surface area contributed by atoms with Crippen molar-refractivity contribution in [1.82, 2.24) is 0 Å². The topological polar surface area (TPSA) is 285 Å². The maximum atomic E-state index is 8.78. The molecule has 12 nitrogen and oxygen atoms in total. The molecule has 53 heavy (non-hydrogen) atoms. The quantitative estimate of drug-likeness (QED) is 0.147. The monoisotopic (exact) mass is 850 g/mol. The number of rotatable bonds is 4. The summed E-state index contributed by atoms with van der Waals surface area (Å²) in [5, 5.41) is 108. The summed E-state index contributed by atoms with van der Waals surface area (Å²) in [6.45, 7) is 0. The molecule has 0 atom stereocenters. The molecule has 0 amide bonds. The Morgan fingerprint density at radius 2 is 0.340 bits per heavy atom. The largest absolute Gasteiger partial charge is 0.361 e. The van der Waals surface area contributed by atoms with Crippen LogP contribution in [0, 0.1) is 133 Å². The molecule has 4 aromatic carbocycles. The molecule has 0 heterocycles. The number of nitriles is 12. The van der Waals surface area contributed by atoms with Gasteiger partial charge in [0.05, 0.1) is 0 Å². The third-order valence-electron chi connectivity index (χ3n) is 6.37. The molecular formula is C36H20N12P4Pd+4. The second kappa shape index (κ2) is 23.5. The van der Waals surface area contributed by atoms with E-state index in [1.807, 2.05) is 69.7 Å². The van der Waals surface area contributed by atoms with Crippen molar-refractivity contribution in [3.63, 3.8) is 0 Å². The molecule has 0 radical (unpaired) electrons. The third-order valence-corrected chi connectivity index (χ3v) is 14.3. The van der Waals surface area contributed by atoms with Gasteiger partial charge in [-0.05, 0) is 48.5 Å². The Hall–Kier alpha value is -6.86. The van der Waals surface area contributed by atoms with Crippen molar-refractivity contribution in [2.24, 2.45) is 0 Å². The predicted molar refractivity (Wildman–Crippen MR) is 199 cm³/mol. The first kappa shape index (κ1) is 46.1. The van der Waals surface area contributed by atoms with Gasteiger partial charge in [-0.2, -0.15) is 0 Å². The van der Waals surface area contributed by atoms with Crippen LogP contribution >= 0.6 is 29.0 Å². The molecule has 0 saturated heterocycles. The van der Waals surface area contributed by atoms with Gasteiger partial charge in [0.15, 0.2) is 0 Å². The van der Waals surface area contributed by atoms with Gasteiger partial charge in [-0.3, -0.25) is 0 Å². The van der Waals surface area contributed by atoms with Crippen molar-refractivity contribution < 1.29 is 20.4 Å². The Balaban J connectivity index is 0.000000676. The first-order valence-corrected chi connectivity index (χ1v) is 21.1. The molecule has 0 bridgehead atoms. The second-order valence-electron chi connectivity index (χ2n) is 9.23. The summed E-state index contributed by atoms with van der Waals surface area (Å²) >= 11 is 0. The van der Waals surface area contributed by atoms with E-state index in [4.69, 9.17) is 63.1 Å². The minimum Gasteiger partial charge on any atom is -0.148 e. The standard InChI is InChI=1S/4C9H5N3P.Pd/c4*10-6-13(7-11,8-12)9-4-2-1-3-5-9;/h4*1-5H;/q4*+1;. The SMILES string of the molecule is N#C[P+](C#N)(C#N)c1ccccc1.N#C[P+](C#N)(C#N)c1ccccc1.N#C[P+](C#N)(C#N)c1ccccc1.N#C[P+](C#N)(C#N)c1ccccc1.[Pd]. The number of hydrogen-bond acceptors (Lipinski definition) is 12. The predicted octanol–water partition coefficient (Wildman–Crippen LogP) is 7.09. The van der Waals surface area contributed by atoms with E-state index in [0.29, 0.717) is 21.2 Å². The van der Waals surface area contributed by atoms with Crippen LogP contribution < -0.4 is 21.2 Å². The van der Waals surface area contributed by atoms with E-state index in [1.54, 1.807) is 121 Å². The molecule has 0 aromatic heterocycles. The molecule has 0 aliphatic rings. The van der Waals surface area contributed by atoms with Gasteiger partial charge in [0.25, 0.3) is 69.7 Å². The molecule has 0 unspecified atom stereocenters. The van der Waals surface area contributed by atoms with E-state index in [9.17, 15) is 0 Å². The molecule has 17 heteroatoms. The average molecular weight is 851 g/mol. The third kappa shape index (κ3) is 11.6. The van der Waals surface area contributed by atoms with Gasteiger partial charge in [-0.15, -0.1) is 63.1 Å². The fourth-order valence-electron chi connectivity index (χ4n) is 3.57. The number of nitrogens with zero attached hydrogens (tertiary/aromatic N) is 12. The summed E-state index contributed by atoms with van der Waals surface area (Å²) in [4.78, 5) is 0. The van der Waals surface area contributed by atoms with Crippen LogP contribution in [0.5, 0.6) is 0 Å². The Labute approximate surface area is 323 Å². The first-order chi connectivity index (χ1) is 25.1. The van der Waals surface area contributed by atoms with E-state index < -0.39 is 29.0 Å². The van der Waals surface area contributed by atoms with E-state index in [2.05, 4.69) is 0 Å². The molecule has 4 rings (SSSR count). The molecule has 0 spiro atoms. The minimum atomic E-state index is -2.87. The van der Waals surface area contributed by atoms with E-state index in [1.165, 1.54) is 0 Å². The zero-order chi connectivity index (χ0) is 38.9. The normalized spacial score (nSPS) is 9.13. The number of benzene rings is 4. The van der Waals surface area contributed by atoms with Crippen molar-refractivity contribution in [2.45, 2.75) is 0 Å². The fraction of sp³-hybridized carbons (Fsp3) is 0. The van der Waals surface area contributed by atoms with E-state index >= 15 is 0 Å². The minimum absolute atomic E-state index is 0. The van der Waals surface area contributed by atoms with Gasteiger partial charge < -0.3 is 0 Å². The van der Waals surface area contributed by atoms with Crippen molar-refractivity contribution >= 4 is 50.3 Å². The van der Waals surface area contributed by atoms with Crippen LogP contribution in [0.2, 0.25) is 0 Å². The van der Waals surface area contributed by atoms with Gasteiger partial charge in [-0.25, -0.2) is 0 Å². The Bertz CT molecular complexity index is 1880. The maximum Gasteiger partial charge on any atom is 0.361 e. The van der Waals surface area contributed by atoms with E-state index in [0.717, 1.165) is 0 Å². The molecular weight excluding hydrogens is 831 g/mol. The van der Waals surface area contributed by atoms with Gasteiger partial charge in [0.1, 0.15) is 21.2 Å². The maximum absolute atomic E-state index is 8.78. The van der Waals surface area contributed by atoms with Gasteiger partial charge in [0.2, 0.25) is 0 Å². The summed E-state index contributed by atoms with van der Waals surface area (Å²) < 4.78 is 0. The molecule has 250 valence electrons. The van der Waals surface area contributed by atoms with Crippen molar-refractivity contribution in [1.29, 1.82) is 63.1 Å². The van der Waals surface area contributed by atoms with Crippen LogP contribution in [-0.4, -0.2) is 0 Å². The summed E-state index contributed by atoms with van der Waals surface area (Å²) in [5.74, 6) is 21.8. The molecule has 4 aromatic rings. The molecule has 0 aliphatic heterocycles. The molecule has 0 fully saturated rings.